The smallest absolute Gasteiger partial charge is 0.232 e. The van der Waals surface area contributed by atoms with Crippen molar-refractivity contribution in [2.45, 2.75) is 11.4 Å². The summed E-state index contributed by atoms with van der Waals surface area (Å²) >= 11 is 1.41. The van der Waals surface area contributed by atoms with Crippen molar-refractivity contribution in [1.82, 2.24) is 9.55 Å². The van der Waals surface area contributed by atoms with E-state index in [1.165, 1.54) is 11.8 Å². The van der Waals surface area contributed by atoms with Gasteiger partial charge < -0.3 is 9.47 Å². The van der Waals surface area contributed by atoms with Crippen LogP contribution in [0.1, 0.15) is 16.8 Å². The summed E-state index contributed by atoms with van der Waals surface area (Å²) in [5.74, 6) is 1.56. The first kappa shape index (κ1) is 27.1. The van der Waals surface area contributed by atoms with E-state index in [-0.39, 0.29) is 12.3 Å². The van der Waals surface area contributed by atoms with Crippen molar-refractivity contribution >= 4 is 39.5 Å². The van der Waals surface area contributed by atoms with E-state index in [0.717, 1.165) is 38.6 Å². The lowest BCUT2D eigenvalue weighted by Crippen LogP contribution is -2.11. The van der Waals surface area contributed by atoms with E-state index in [1.807, 2.05) is 103 Å². The van der Waals surface area contributed by atoms with Crippen molar-refractivity contribution in [2.24, 2.45) is 0 Å². The van der Waals surface area contributed by atoms with E-state index in [0.29, 0.717) is 33.4 Å². The topological polar surface area (TPSA) is 77.1 Å². The van der Waals surface area contributed by atoms with Crippen molar-refractivity contribution in [1.29, 1.82) is 5.26 Å². The average molecular weight is 570 g/mol. The van der Waals surface area contributed by atoms with E-state index < -0.39 is 0 Å². The number of fused-ring (bicyclic) bond motifs is 3. The quantitative estimate of drug-likeness (QED) is 0.172. The molecule has 0 unspecified atom stereocenters. The predicted octanol–water partition coefficient (Wildman–Crippen LogP) is 8.23. The molecule has 0 saturated heterocycles. The van der Waals surface area contributed by atoms with Crippen LogP contribution in [-0.2, 0) is 0 Å². The lowest BCUT2D eigenvalue weighted by Gasteiger charge is -2.16. The molecule has 4 aromatic carbocycles. The van der Waals surface area contributed by atoms with Crippen LogP contribution in [0.5, 0.6) is 11.5 Å². The molecule has 0 fully saturated rings. The SMILES string of the molecule is COc1cccc(-c2cc(-c3ccccc3)nc(SCCC(=O)n3c4ccccc4c4ccccc43)c2C#N)c1OC. The number of methoxy groups -OCH3 is 2. The zero-order valence-corrected chi connectivity index (χ0v) is 24.0. The molecule has 0 amide bonds. The Morgan fingerprint density at radius 3 is 2.14 bits per heavy atom. The molecule has 7 heteroatoms. The molecule has 0 N–H and O–H groups in total. The molecule has 42 heavy (non-hydrogen) atoms. The fraction of sp³-hybridized carbons (Fsp3) is 0.114. The Morgan fingerprint density at radius 1 is 0.833 bits per heavy atom. The molecule has 0 aliphatic rings. The zero-order chi connectivity index (χ0) is 29.1. The van der Waals surface area contributed by atoms with Crippen LogP contribution in [0, 0.1) is 11.3 Å². The lowest BCUT2D eigenvalue weighted by atomic mass is 9.98. The van der Waals surface area contributed by atoms with Crippen molar-refractivity contribution in [3.63, 3.8) is 0 Å². The van der Waals surface area contributed by atoms with Gasteiger partial charge in [0.15, 0.2) is 11.5 Å². The maximum atomic E-state index is 13.6. The number of aromatic nitrogens is 2. The van der Waals surface area contributed by atoms with Gasteiger partial charge in [-0.3, -0.25) is 9.36 Å². The number of thioether (sulfide) groups is 1. The Balaban J connectivity index is 1.38. The minimum Gasteiger partial charge on any atom is -0.493 e. The van der Waals surface area contributed by atoms with Crippen molar-refractivity contribution < 1.29 is 14.3 Å². The molecule has 0 atom stereocenters. The monoisotopic (exact) mass is 569 g/mol. The van der Waals surface area contributed by atoms with Gasteiger partial charge in [-0.15, -0.1) is 11.8 Å². The minimum atomic E-state index is -0.00712. The fourth-order valence-electron chi connectivity index (χ4n) is 5.34. The third kappa shape index (κ3) is 4.87. The molecule has 6 rings (SSSR count). The molecule has 6 aromatic rings. The summed E-state index contributed by atoms with van der Waals surface area (Å²) in [6.45, 7) is 0. The highest BCUT2D eigenvalue weighted by atomic mass is 32.2. The summed E-state index contributed by atoms with van der Waals surface area (Å²) in [6, 6.07) is 35.7. The van der Waals surface area contributed by atoms with Crippen LogP contribution < -0.4 is 9.47 Å². The van der Waals surface area contributed by atoms with Crippen LogP contribution in [-0.4, -0.2) is 35.4 Å². The second-order valence-corrected chi connectivity index (χ2v) is 10.7. The van der Waals surface area contributed by atoms with Crippen molar-refractivity contribution in [2.75, 3.05) is 20.0 Å². The van der Waals surface area contributed by atoms with Crippen LogP contribution in [0.2, 0.25) is 0 Å². The highest BCUT2D eigenvalue weighted by Gasteiger charge is 2.21. The van der Waals surface area contributed by atoms with Gasteiger partial charge in [0.05, 0.1) is 36.5 Å². The van der Waals surface area contributed by atoms with Gasteiger partial charge in [-0.1, -0.05) is 78.9 Å². The summed E-state index contributed by atoms with van der Waals surface area (Å²) in [5.41, 5.74) is 5.29. The summed E-state index contributed by atoms with van der Waals surface area (Å²) < 4.78 is 13.1. The number of benzene rings is 4. The second-order valence-electron chi connectivity index (χ2n) is 9.62. The number of nitriles is 1. The summed E-state index contributed by atoms with van der Waals surface area (Å²) in [5, 5.41) is 13.0. The largest absolute Gasteiger partial charge is 0.493 e. The number of para-hydroxylation sites is 3. The van der Waals surface area contributed by atoms with Crippen molar-refractivity contribution in [3.8, 4) is 40.0 Å². The van der Waals surface area contributed by atoms with Gasteiger partial charge in [0, 0.05) is 39.6 Å². The first-order chi connectivity index (χ1) is 20.6. The van der Waals surface area contributed by atoms with Gasteiger partial charge >= 0.3 is 0 Å². The Kier molecular flexibility index (Phi) is 7.63. The standard InChI is InChI=1S/C35H27N3O3S/c1-40-32-18-10-15-26(34(32)41-2)27-21-29(23-11-4-3-5-12-23)37-35(28(27)22-36)42-20-19-33(39)38-30-16-8-6-13-24(30)25-14-7-9-17-31(25)38/h3-18,21H,19-20H2,1-2H3. The third-order valence-corrected chi connectivity index (χ3v) is 8.22. The molecule has 0 radical (unpaired) electrons. The number of pyridine rings is 1. The first-order valence-corrected chi connectivity index (χ1v) is 14.5. The molecule has 0 spiro atoms. The van der Waals surface area contributed by atoms with Gasteiger partial charge in [-0.2, -0.15) is 5.26 Å². The number of rotatable bonds is 8. The number of carbonyl (C=O) groups excluding carboxylic acids is 1. The second kappa shape index (κ2) is 11.8. The third-order valence-electron chi connectivity index (χ3n) is 7.24. The molecular weight excluding hydrogens is 542 g/mol. The van der Waals surface area contributed by atoms with E-state index in [1.54, 1.807) is 18.8 Å². The molecule has 2 heterocycles. The number of hydrogen-bond donors (Lipinski definition) is 0. The van der Waals surface area contributed by atoms with Gasteiger partial charge in [-0.25, -0.2) is 4.98 Å². The summed E-state index contributed by atoms with van der Waals surface area (Å²) in [6.07, 6.45) is 0.271. The van der Waals surface area contributed by atoms with Crippen LogP contribution in [0.15, 0.2) is 108 Å². The van der Waals surface area contributed by atoms with E-state index in [4.69, 9.17) is 14.5 Å². The summed E-state index contributed by atoms with van der Waals surface area (Å²) in [4.78, 5) is 18.6. The minimum absolute atomic E-state index is 0.00712. The van der Waals surface area contributed by atoms with Gasteiger partial charge in [0.25, 0.3) is 0 Å². The molecule has 0 saturated carbocycles. The maximum Gasteiger partial charge on any atom is 0.232 e. The Bertz CT molecular complexity index is 1920. The first-order valence-electron chi connectivity index (χ1n) is 13.5. The van der Waals surface area contributed by atoms with Crippen molar-refractivity contribution in [3.05, 3.63) is 109 Å². The maximum absolute atomic E-state index is 13.6. The van der Waals surface area contributed by atoms with Crippen LogP contribution in [0.25, 0.3) is 44.2 Å². The number of carbonyl (C=O) groups is 1. The fourth-order valence-corrected chi connectivity index (χ4v) is 6.27. The molecule has 6 nitrogen and oxygen atoms in total. The van der Waals surface area contributed by atoms with E-state index in [9.17, 15) is 10.1 Å². The Morgan fingerprint density at radius 2 is 1.50 bits per heavy atom. The Hall–Kier alpha value is -5.06. The molecule has 206 valence electrons. The normalized spacial score (nSPS) is 11.0. The lowest BCUT2D eigenvalue weighted by molar-refractivity contribution is 0.0920. The van der Waals surface area contributed by atoms with Crippen LogP contribution >= 0.6 is 11.8 Å². The zero-order valence-electron chi connectivity index (χ0n) is 23.2. The Labute approximate surface area is 248 Å². The van der Waals surface area contributed by atoms with Gasteiger partial charge in [0.2, 0.25) is 5.91 Å². The highest BCUT2D eigenvalue weighted by Crippen LogP contribution is 2.42. The van der Waals surface area contributed by atoms with Gasteiger partial charge in [0.1, 0.15) is 11.1 Å². The average Bonchev–Trinajstić information content (AvgIpc) is 3.38. The number of hydrogen-bond acceptors (Lipinski definition) is 6. The van der Waals surface area contributed by atoms with Crippen LogP contribution in [0.3, 0.4) is 0 Å². The number of ether oxygens (including phenoxy) is 2. The predicted molar refractivity (Wildman–Crippen MR) is 168 cm³/mol. The molecule has 0 bridgehead atoms. The molecule has 0 aliphatic heterocycles. The number of nitrogens with zero attached hydrogens (tertiary/aromatic N) is 3. The van der Waals surface area contributed by atoms with E-state index in [2.05, 4.69) is 6.07 Å². The molecule has 0 aliphatic carbocycles. The van der Waals surface area contributed by atoms with Gasteiger partial charge in [-0.05, 0) is 24.3 Å². The van der Waals surface area contributed by atoms with E-state index >= 15 is 0 Å². The van der Waals surface area contributed by atoms with Crippen LogP contribution in [0.4, 0.5) is 0 Å². The molecular formula is C35H27N3O3S. The summed E-state index contributed by atoms with van der Waals surface area (Å²) in [7, 11) is 3.17. The highest BCUT2D eigenvalue weighted by molar-refractivity contribution is 7.99. The molecule has 2 aromatic heterocycles.